The Bertz CT molecular complexity index is 340. The van der Waals surface area contributed by atoms with Gasteiger partial charge in [-0.25, -0.2) is 0 Å². The summed E-state index contributed by atoms with van der Waals surface area (Å²) in [6.07, 6.45) is 0.821. The van der Waals surface area contributed by atoms with Crippen molar-refractivity contribution in [2.24, 2.45) is 0 Å². The fourth-order valence-corrected chi connectivity index (χ4v) is 1.30. The van der Waals surface area contributed by atoms with E-state index in [2.05, 4.69) is 5.32 Å². The molecule has 0 aliphatic heterocycles. The van der Waals surface area contributed by atoms with E-state index in [4.69, 9.17) is 10.5 Å². The molecule has 0 radical (unpaired) electrons. The molecule has 16 heavy (non-hydrogen) atoms. The number of hydrogen-bond acceptors (Lipinski definition) is 3. The molecule has 88 valence electrons. The minimum atomic E-state index is -0.0937. The second-order valence-electron chi connectivity index (χ2n) is 3.43. The maximum atomic E-state index is 11.6. The Morgan fingerprint density at radius 2 is 2.31 bits per heavy atom. The lowest BCUT2D eigenvalue weighted by atomic mass is 10.2. The smallest absolute Gasteiger partial charge is 0.251 e. The second kappa shape index (κ2) is 6.85. The first-order valence-corrected chi connectivity index (χ1v) is 5.45. The zero-order valence-corrected chi connectivity index (χ0v) is 9.53. The molecule has 1 aromatic rings. The van der Waals surface area contributed by atoms with E-state index in [1.807, 2.05) is 6.92 Å². The quantitative estimate of drug-likeness (QED) is 0.565. The van der Waals surface area contributed by atoms with Gasteiger partial charge >= 0.3 is 0 Å². The van der Waals surface area contributed by atoms with E-state index >= 15 is 0 Å². The molecule has 0 fully saturated rings. The molecule has 1 aromatic carbocycles. The Hall–Kier alpha value is -1.55. The van der Waals surface area contributed by atoms with Gasteiger partial charge in [0.1, 0.15) is 0 Å². The Kier molecular flexibility index (Phi) is 5.36. The van der Waals surface area contributed by atoms with E-state index in [9.17, 15) is 4.79 Å². The van der Waals surface area contributed by atoms with Crippen LogP contribution in [0.1, 0.15) is 23.7 Å². The normalized spacial score (nSPS) is 10.1. The molecule has 0 bridgehead atoms. The first-order chi connectivity index (χ1) is 7.74. The summed E-state index contributed by atoms with van der Waals surface area (Å²) in [6.45, 7) is 3.95. The number of ether oxygens (including phenoxy) is 1. The van der Waals surface area contributed by atoms with Gasteiger partial charge in [0.2, 0.25) is 0 Å². The van der Waals surface area contributed by atoms with Crippen LogP contribution in [0.25, 0.3) is 0 Å². The molecular formula is C12H18N2O2. The summed E-state index contributed by atoms with van der Waals surface area (Å²) >= 11 is 0. The molecule has 0 heterocycles. The Labute approximate surface area is 95.8 Å². The van der Waals surface area contributed by atoms with Crippen molar-refractivity contribution in [3.8, 4) is 0 Å². The van der Waals surface area contributed by atoms with Crippen LogP contribution in [-0.2, 0) is 4.74 Å². The van der Waals surface area contributed by atoms with Gasteiger partial charge in [-0.3, -0.25) is 4.79 Å². The van der Waals surface area contributed by atoms with Crippen LogP contribution >= 0.6 is 0 Å². The third-order valence-corrected chi connectivity index (χ3v) is 2.10. The first kappa shape index (κ1) is 12.5. The van der Waals surface area contributed by atoms with Gasteiger partial charge < -0.3 is 15.8 Å². The molecule has 0 aromatic heterocycles. The van der Waals surface area contributed by atoms with E-state index in [0.717, 1.165) is 6.42 Å². The fourth-order valence-electron chi connectivity index (χ4n) is 1.30. The predicted octanol–water partition coefficient (Wildman–Crippen LogP) is 1.43. The Balaban J connectivity index is 2.30. The molecule has 0 unspecified atom stereocenters. The van der Waals surface area contributed by atoms with Crippen molar-refractivity contribution in [3.63, 3.8) is 0 Å². The van der Waals surface area contributed by atoms with Crippen molar-refractivity contribution >= 4 is 11.6 Å². The molecule has 0 aliphatic carbocycles. The summed E-state index contributed by atoms with van der Waals surface area (Å²) in [5, 5.41) is 2.81. The van der Waals surface area contributed by atoms with Gasteiger partial charge in [0.05, 0.1) is 0 Å². The number of nitrogen functional groups attached to an aromatic ring is 1. The Morgan fingerprint density at radius 1 is 1.50 bits per heavy atom. The van der Waals surface area contributed by atoms with Crippen molar-refractivity contribution in [2.75, 3.05) is 25.5 Å². The minimum Gasteiger partial charge on any atom is -0.399 e. The molecule has 0 atom stereocenters. The molecule has 3 N–H and O–H groups in total. The standard InChI is InChI=1S/C12H18N2O2/c1-2-16-8-4-7-14-12(15)10-5-3-6-11(13)9-10/h3,5-6,9H,2,4,7-8,13H2,1H3,(H,14,15). The van der Waals surface area contributed by atoms with E-state index in [1.54, 1.807) is 24.3 Å². The number of amides is 1. The van der Waals surface area contributed by atoms with Gasteiger partial charge in [0.15, 0.2) is 0 Å². The SMILES string of the molecule is CCOCCCNC(=O)c1cccc(N)c1. The van der Waals surface area contributed by atoms with Gasteiger partial charge in [0.25, 0.3) is 5.91 Å². The van der Waals surface area contributed by atoms with E-state index in [-0.39, 0.29) is 5.91 Å². The highest BCUT2D eigenvalue weighted by molar-refractivity contribution is 5.94. The molecule has 0 spiro atoms. The van der Waals surface area contributed by atoms with Crippen LogP contribution in [0, 0.1) is 0 Å². The lowest BCUT2D eigenvalue weighted by Crippen LogP contribution is -2.25. The zero-order valence-electron chi connectivity index (χ0n) is 9.53. The van der Waals surface area contributed by atoms with Crippen molar-refractivity contribution in [3.05, 3.63) is 29.8 Å². The highest BCUT2D eigenvalue weighted by Gasteiger charge is 2.03. The van der Waals surface area contributed by atoms with Crippen LogP contribution in [0.3, 0.4) is 0 Å². The monoisotopic (exact) mass is 222 g/mol. The number of rotatable bonds is 6. The average Bonchev–Trinajstić information content (AvgIpc) is 2.28. The summed E-state index contributed by atoms with van der Waals surface area (Å²) in [7, 11) is 0. The molecule has 0 aliphatic rings. The van der Waals surface area contributed by atoms with Gasteiger partial charge in [-0.15, -0.1) is 0 Å². The zero-order chi connectivity index (χ0) is 11.8. The third-order valence-electron chi connectivity index (χ3n) is 2.10. The van der Waals surface area contributed by atoms with Crippen LogP contribution in [0.2, 0.25) is 0 Å². The predicted molar refractivity (Wildman–Crippen MR) is 64.3 cm³/mol. The maximum absolute atomic E-state index is 11.6. The summed E-state index contributed by atoms with van der Waals surface area (Å²) in [5.41, 5.74) is 6.78. The third kappa shape index (κ3) is 4.31. The number of carbonyl (C=O) groups is 1. The summed E-state index contributed by atoms with van der Waals surface area (Å²) in [4.78, 5) is 11.6. The van der Waals surface area contributed by atoms with Crippen LogP contribution < -0.4 is 11.1 Å². The van der Waals surface area contributed by atoms with Crippen molar-refractivity contribution < 1.29 is 9.53 Å². The van der Waals surface area contributed by atoms with Crippen molar-refractivity contribution in [1.82, 2.24) is 5.32 Å². The largest absolute Gasteiger partial charge is 0.399 e. The van der Waals surface area contributed by atoms with Crippen LogP contribution in [-0.4, -0.2) is 25.7 Å². The molecule has 0 saturated heterocycles. The van der Waals surface area contributed by atoms with Crippen LogP contribution in [0.15, 0.2) is 24.3 Å². The lowest BCUT2D eigenvalue weighted by Gasteiger charge is -2.05. The minimum absolute atomic E-state index is 0.0937. The molecule has 4 heteroatoms. The number of hydrogen-bond donors (Lipinski definition) is 2. The number of carbonyl (C=O) groups excluding carboxylic acids is 1. The van der Waals surface area contributed by atoms with Gasteiger partial charge in [0, 0.05) is 31.0 Å². The number of benzene rings is 1. The lowest BCUT2D eigenvalue weighted by molar-refractivity contribution is 0.0944. The molecule has 0 saturated carbocycles. The Morgan fingerprint density at radius 3 is 3.00 bits per heavy atom. The van der Waals surface area contributed by atoms with Gasteiger partial charge in [-0.05, 0) is 31.5 Å². The maximum Gasteiger partial charge on any atom is 0.251 e. The number of nitrogens with one attached hydrogen (secondary N) is 1. The first-order valence-electron chi connectivity index (χ1n) is 5.45. The van der Waals surface area contributed by atoms with E-state index in [0.29, 0.717) is 31.0 Å². The van der Waals surface area contributed by atoms with Crippen LogP contribution in [0.5, 0.6) is 0 Å². The van der Waals surface area contributed by atoms with Gasteiger partial charge in [-0.1, -0.05) is 6.07 Å². The topological polar surface area (TPSA) is 64.3 Å². The van der Waals surface area contributed by atoms with Crippen molar-refractivity contribution in [1.29, 1.82) is 0 Å². The summed E-state index contributed by atoms with van der Waals surface area (Å²) < 4.78 is 5.17. The molecular weight excluding hydrogens is 204 g/mol. The highest BCUT2D eigenvalue weighted by atomic mass is 16.5. The average molecular weight is 222 g/mol. The fraction of sp³-hybridized carbons (Fsp3) is 0.417. The highest BCUT2D eigenvalue weighted by Crippen LogP contribution is 2.05. The van der Waals surface area contributed by atoms with E-state index < -0.39 is 0 Å². The molecule has 1 rings (SSSR count). The van der Waals surface area contributed by atoms with Crippen molar-refractivity contribution in [2.45, 2.75) is 13.3 Å². The number of nitrogens with two attached hydrogens (primary N) is 1. The number of anilines is 1. The molecule has 1 amide bonds. The van der Waals surface area contributed by atoms with Crippen LogP contribution in [0.4, 0.5) is 5.69 Å². The summed E-state index contributed by atoms with van der Waals surface area (Å²) in [5.74, 6) is -0.0937. The summed E-state index contributed by atoms with van der Waals surface area (Å²) in [6, 6.07) is 6.93. The second-order valence-corrected chi connectivity index (χ2v) is 3.43. The molecule has 4 nitrogen and oxygen atoms in total. The van der Waals surface area contributed by atoms with E-state index in [1.165, 1.54) is 0 Å². The van der Waals surface area contributed by atoms with Gasteiger partial charge in [-0.2, -0.15) is 0 Å².